The molecule has 7 heteroatoms. The summed E-state index contributed by atoms with van der Waals surface area (Å²) in [6, 6.07) is 11.0. The second kappa shape index (κ2) is 7.17. The van der Waals surface area contributed by atoms with E-state index in [1.165, 1.54) is 36.4 Å². The molecule has 0 fully saturated rings. The largest absolute Gasteiger partial charge is 0.420 e. The summed E-state index contributed by atoms with van der Waals surface area (Å²) in [6.07, 6.45) is -7.42. The van der Waals surface area contributed by atoms with Crippen LogP contribution in [0.2, 0.25) is 0 Å². The standard InChI is InChI=1S/C18H19F3O3S/c1-12(2)14-6-8-15(9-7-14)17(18(19,20)21)24-25(22,23)16-10-4-13(3)5-11-16/h4-12,17H,1-3H3. The number of rotatable bonds is 5. The van der Waals surface area contributed by atoms with Gasteiger partial charge in [-0.05, 0) is 36.1 Å². The molecule has 0 spiro atoms. The lowest BCUT2D eigenvalue weighted by Gasteiger charge is -2.21. The highest BCUT2D eigenvalue weighted by atomic mass is 32.2. The molecule has 2 rings (SSSR count). The molecule has 0 aliphatic rings. The van der Waals surface area contributed by atoms with Crippen LogP contribution >= 0.6 is 0 Å². The van der Waals surface area contributed by atoms with Crippen molar-refractivity contribution in [3.8, 4) is 0 Å². The highest BCUT2D eigenvalue weighted by Gasteiger charge is 2.45. The highest BCUT2D eigenvalue weighted by molar-refractivity contribution is 7.86. The monoisotopic (exact) mass is 372 g/mol. The number of alkyl halides is 3. The predicted octanol–water partition coefficient (Wildman–Crippen LogP) is 5.13. The summed E-state index contributed by atoms with van der Waals surface area (Å²) in [5, 5.41) is 0. The van der Waals surface area contributed by atoms with Gasteiger partial charge in [-0.15, -0.1) is 0 Å². The van der Waals surface area contributed by atoms with Gasteiger partial charge in [0.1, 0.15) is 0 Å². The van der Waals surface area contributed by atoms with E-state index in [0.717, 1.165) is 11.1 Å². The molecule has 0 aliphatic carbocycles. The normalized spacial score (nSPS) is 13.9. The van der Waals surface area contributed by atoms with Crippen molar-refractivity contribution in [3.63, 3.8) is 0 Å². The van der Waals surface area contributed by atoms with E-state index >= 15 is 0 Å². The lowest BCUT2D eigenvalue weighted by Crippen LogP contribution is -2.26. The molecule has 0 saturated carbocycles. The van der Waals surface area contributed by atoms with Gasteiger partial charge in [-0.3, -0.25) is 0 Å². The van der Waals surface area contributed by atoms with E-state index in [-0.39, 0.29) is 16.4 Å². The lowest BCUT2D eigenvalue weighted by molar-refractivity contribution is -0.196. The smallest absolute Gasteiger partial charge is 0.248 e. The number of benzene rings is 2. The molecule has 1 atom stereocenters. The first-order valence-electron chi connectivity index (χ1n) is 7.67. The Labute approximate surface area is 145 Å². The maximum Gasteiger partial charge on any atom is 0.420 e. The van der Waals surface area contributed by atoms with Gasteiger partial charge in [0.25, 0.3) is 10.1 Å². The molecule has 0 bridgehead atoms. The van der Waals surface area contributed by atoms with Crippen molar-refractivity contribution >= 4 is 10.1 Å². The summed E-state index contributed by atoms with van der Waals surface area (Å²) in [5.41, 5.74) is 1.38. The van der Waals surface area contributed by atoms with E-state index in [4.69, 9.17) is 0 Å². The average molecular weight is 372 g/mol. The van der Waals surface area contributed by atoms with Crippen LogP contribution < -0.4 is 0 Å². The number of hydrogen-bond donors (Lipinski definition) is 0. The third-order valence-electron chi connectivity index (χ3n) is 3.74. The van der Waals surface area contributed by atoms with Crippen molar-refractivity contribution in [2.24, 2.45) is 0 Å². The van der Waals surface area contributed by atoms with Crippen LogP contribution in [0.5, 0.6) is 0 Å². The Bertz CT molecular complexity index is 808. The summed E-state index contributed by atoms with van der Waals surface area (Å²) in [5.74, 6) is 0.149. The van der Waals surface area contributed by atoms with Gasteiger partial charge < -0.3 is 0 Å². The number of aryl methyl sites for hydroxylation is 1. The van der Waals surface area contributed by atoms with Gasteiger partial charge in [-0.25, -0.2) is 4.18 Å². The quantitative estimate of drug-likeness (QED) is 0.684. The third-order valence-corrected chi connectivity index (χ3v) is 5.03. The van der Waals surface area contributed by atoms with Crippen molar-refractivity contribution in [3.05, 3.63) is 65.2 Å². The van der Waals surface area contributed by atoms with Gasteiger partial charge >= 0.3 is 6.18 Å². The zero-order valence-electron chi connectivity index (χ0n) is 14.0. The van der Waals surface area contributed by atoms with Crippen molar-refractivity contribution in [2.75, 3.05) is 0 Å². The Morgan fingerprint density at radius 2 is 1.36 bits per heavy atom. The molecule has 2 aromatic carbocycles. The molecule has 0 N–H and O–H groups in total. The van der Waals surface area contributed by atoms with Crippen LogP contribution in [0.1, 0.15) is 42.6 Å². The van der Waals surface area contributed by atoms with Gasteiger partial charge in [0.05, 0.1) is 4.90 Å². The molecule has 0 aliphatic heterocycles. The molecule has 0 amide bonds. The van der Waals surface area contributed by atoms with Crippen LogP contribution in [-0.4, -0.2) is 14.6 Å². The topological polar surface area (TPSA) is 43.4 Å². The van der Waals surface area contributed by atoms with Crippen molar-refractivity contribution in [2.45, 2.75) is 43.9 Å². The molecule has 0 saturated heterocycles. The number of halogens is 3. The van der Waals surface area contributed by atoms with E-state index < -0.39 is 22.4 Å². The molecule has 2 aromatic rings. The Morgan fingerprint density at radius 3 is 1.80 bits per heavy atom. The Hall–Kier alpha value is -1.86. The van der Waals surface area contributed by atoms with Gasteiger partial charge in [0, 0.05) is 0 Å². The first-order chi connectivity index (χ1) is 11.5. The van der Waals surface area contributed by atoms with E-state index in [1.54, 1.807) is 19.1 Å². The van der Waals surface area contributed by atoms with Crippen LogP contribution in [0, 0.1) is 6.92 Å². The number of hydrogen-bond acceptors (Lipinski definition) is 3. The van der Waals surface area contributed by atoms with Crippen LogP contribution in [0.25, 0.3) is 0 Å². The lowest BCUT2D eigenvalue weighted by atomic mass is 10.00. The van der Waals surface area contributed by atoms with E-state index in [0.29, 0.717) is 0 Å². The fraction of sp³-hybridized carbons (Fsp3) is 0.333. The van der Waals surface area contributed by atoms with Gasteiger partial charge in [0.2, 0.25) is 0 Å². The first-order valence-corrected chi connectivity index (χ1v) is 9.08. The molecular weight excluding hydrogens is 353 g/mol. The first kappa shape index (κ1) is 19.5. The fourth-order valence-electron chi connectivity index (χ4n) is 2.24. The van der Waals surface area contributed by atoms with Gasteiger partial charge in [-0.1, -0.05) is 55.8 Å². The van der Waals surface area contributed by atoms with Crippen LogP contribution in [0.3, 0.4) is 0 Å². The molecule has 3 nitrogen and oxygen atoms in total. The van der Waals surface area contributed by atoms with Gasteiger partial charge in [-0.2, -0.15) is 21.6 Å². The van der Waals surface area contributed by atoms with E-state index in [2.05, 4.69) is 4.18 Å². The van der Waals surface area contributed by atoms with Crippen molar-refractivity contribution in [1.29, 1.82) is 0 Å². The van der Waals surface area contributed by atoms with E-state index in [9.17, 15) is 21.6 Å². The Kier molecular flexibility index (Phi) is 5.58. The van der Waals surface area contributed by atoms with Gasteiger partial charge in [0.15, 0.2) is 6.10 Å². The predicted molar refractivity (Wildman–Crippen MR) is 88.8 cm³/mol. The second-order valence-corrected chi connectivity index (χ2v) is 7.68. The zero-order chi connectivity index (χ0) is 18.8. The summed E-state index contributed by atoms with van der Waals surface area (Å²) in [7, 11) is -4.55. The zero-order valence-corrected chi connectivity index (χ0v) is 14.9. The van der Waals surface area contributed by atoms with Crippen LogP contribution in [0.4, 0.5) is 13.2 Å². The summed E-state index contributed by atoms with van der Waals surface area (Å²) in [4.78, 5) is -0.314. The Morgan fingerprint density at radius 1 is 0.880 bits per heavy atom. The minimum absolute atomic E-state index is 0.149. The maximum absolute atomic E-state index is 13.4. The SMILES string of the molecule is Cc1ccc(S(=O)(=O)OC(c2ccc(C(C)C)cc2)C(F)(F)F)cc1. The minimum atomic E-state index is -4.86. The molecule has 136 valence electrons. The summed E-state index contributed by atoms with van der Waals surface area (Å²) in [6.45, 7) is 5.56. The molecular formula is C18H19F3O3S. The third kappa shape index (κ3) is 4.83. The molecule has 1 unspecified atom stereocenters. The van der Waals surface area contributed by atoms with Crippen LogP contribution in [-0.2, 0) is 14.3 Å². The molecule has 0 heterocycles. The van der Waals surface area contributed by atoms with Crippen molar-refractivity contribution in [1.82, 2.24) is 0 Å². The molecule has 0 radical (unpaired) electrons. The molecule has 25 heavy (non-hydrogen) atoms. The Balaban J connectivity index is 2.37. The second-order valence-electron chi connectivity index (χ2n) is 6.11. The maximum atomic E-state index is 13.4. The summed E-state index contributed by atoms with van der Waals surface area (Å²) < 4.78 is 69.2. The highest BCUT2D eigenvalue weighted by Crippen LogP contribution is 2.38. The average Bonchev–Trinajstić information content (AvgIpc) is 2.52. The summed E-state index contributed by atoms with van der Waals surface area (Å²) >= 11 is 0. The minimum Gasteiger partial charge on any atom is -0.248 e. The van der Waals surface area contributed by atoms with Crippen molar-refractivity contribution < 1.29 is 25.8 Å². The molecule has 0 aromatic heterocycles. The fourth-order valence-corrected chi connectivity index (χ4v) is 3.30. The van der Waals surface area contributed by atoms with E-state index in [1.807, 2.05) is 13.8 Å². The van der Waals surface area contributed by atoms with Crippen LogP contribution in [0.15, 0.2) is 53.4 Å².